The molecule has 1 aliphatic carbocycles. The molecule has 0 radical (unpaired) electrons. The molecule has 13 N–H and O–H groups in total. The maximum absolute atomic E-state index is 14.4. The number of hydrogen-bond donors (Lipinski definition) is 10. The number of hydrazine groups is 1. The number of aromatic nitrogens is 3. The van der Waals surface area contributed by atoms with Crippen molar-refractivity contribution in [1.82, 2.24) is 45.5 Å². The first-order chi connectivity index (χ1) is 30.1. The van der Waals surface area contributed by atoms with Gasteiger partial charge in [-0.2, -0.15) is 13.1 Å². The minimum absolute atomic E-state index is 0.00285. The number of nitrogens with zero attached hydrogens (tertiary/aromatic N) is 2. The molecule has 1 fully saturated rings. The van der Waals surface area contributed by atoms with Crippen LogP contribution in [0.15, 0.2) is 73.3 Å². The number of para-hydroxylation sites is 1. The smallest absolute Gasteiger partial charge is 0.297 e. The Kier molecular flexibility index (Phi) is 17.7. The van der Waals surface area contributed by atoms with E-state index in [1.165, 1.54) is 19.4 Å². The molecule has 1 aliphatic rings. The van der Waals surface area contributed by atoms with E-state index in [-0.39, 0.29) is 51.0 Å². The first-order valence-corrected chi connectivity index (χ1v) is 22.5. The third-order valence-corrected chi connectivity index (χ3v) is 12.4. The highest BCUT2D eigenvalue weighted by molar-refractivity contribution is 7.87. The van der Waals surface area contributed by atoms with Gasteiger partial charge in [-0.15, -0.1) is 4.41 Å². The van der Waals surface area contributed by atoms with Gasteiger partial charge in [-0.3, -0.25) is 29.4 Å². The van der Waals surface area contributed by atoms with Gasteiger partial charge in [0.05, 0.1) is 12.4 Å². The van der Waals surface area contributed by atoms with E-state index in [4.69, 9.17) is 17.2 Å². The molecule has 5 unspecified atom stereocenters. The average Bonchev–Trinajstić information content (AvgIpc) is 3.93. The van der Waals surface area contributed by atoms with E-state index < -0.39 is 76.1 Å². The summed E-state index contributed by atoms with van der Waals surface area (Å²) in [6.45, 7) is 1.41. The number of carbonyl (C=O) groups excluding carboxylic acids is 5. The summed E-state index contributed by atoms with van der Waals surface area (Å²) in [6, 6.07) is 9.71. The van der Waals surface area contributed by atoms with Gasteiger partial charge in [0.15, 0.2) is 0 Å². The Bertz CT molecular complexity index is 2240. The van der Waals surface area contributed by atoms with Crippen LogP contribution in [0.3, 0.4) is 0 Å². The Morgan fingerprint density at radius 2 is 1.52 bits per heavy atom. The molecule has 63 heavy (non-hydrogen) atoms. The maximum atomic E-state index is 14.4. The molecule has 0 saturated heterocycles. The molecule has 342 valence electrons. The normalized spacial score (nSPS) is 17.9. The van der Waals surface area contributed by atoms with E-state index >= 15 is 0 Å². The summed E-state index contributed by atoms with van der Waals surface area (Å²) < 4.78 is 46.0. The molecule has 2 aromatic carbocycles. The number of H-pyrrole nitrogens is 2. The van der Waals surface area contributed by atoms with Crippen molar-refractivity contribution in [2.45, 2.75) is 108 Å². The summed E-state index contributed by atoms with van der Waals surface area (Å²) in [4.78, 5) is 77.4. The van der Waals surface area contributed by atoms with Crippen molar-refractivity contribution < 1.29 is 36.8 Å². The minimum Gasteiger partial charge on any atom is -0.368 e. The highest BCUT2D eigenvalue weighted by atomic mass is 32.2. The number of aromatic amines is 2. The van der Waals surface area contributed by atoms with Crippen LogP contribution >= 0.6 is 0 Å². The Morgan fingerprint density at radius 1 is 0.841 bits per heavy atom. The van der Waals surface area contributed by atoms with Gasteiger partial charge in [0, 0.05) is 48.4 Å². The van der Waals surface area contributed by atoms with E-state index in [2.05, 4.69) is 41.1 Å². The predicted octanol–water partition coefficient (Wildman–Crippen LogP) is 0.399. The SMILES string of the molecule is CC(NC(=O)C(Cc1c[nH]c2ccccc12)NC(=O)C(N)Cc1cnc[nH]1)C(=O)NN(CC1CCC(F)CC1)S(=O)(=O)NC(Cc1ccccc1)C(=O)NC(CCCCN)C(N)=O. The van der Waals surface area contributed by atoms with Gasteiger partial charge in [-0.1, -0.05) is 48.5 Å². The molecule has 5 rings (SSSR count). The van der Waals surface area contributed by atoms with Crippen LogP contribution in [0.2, 0.25) is 0 Å². The molecule has 5 atom stereocenters. The first-order valence-electron chi connectivity index (χ1n) is 21.1. The summed E-state index contributed by atoms with van der Waals surface area (Å²) in [6.07, 6.45) is 5.86. The highest BCUT2D eigenvalue weighted by Crippen LogP contribution is 2.27. The highest BCUT2D eigenvalue weighted by Gasteiger charge is 2.36. The zero-order chi connectivity index (χ0) is 45.5. The third kappa shape index (κ3) is 14.4. The molecule has 2 aromatic heterocycles. The van der Waals surface area contributed by atoms with Crippen LogP contribution in [0.5, 0.6) is 0 Å². The number of carbonyl (C=O) groups is 5. The van der Waals surface area contributed by atoms with E-state index in [0.717, 1.165) is 10.9 Å². The quantitative estimate of drug-likeness (QED) is 0.0341. The second-order valence-electron chi connectivity index (χ2n) is 16.0. The first kappa shape index (κ1) is 48.3. The van der Waals surface area contributed by atoms with Crippen LogP contribution in [-0.4, -0.2) is 107 Å². The van der Waals surface area contributed by atoms with Crippen LogP contribution < -0.4 is 43.3 Å². The fourth-order valence-electron chi connectivity index (χ4n) is 7.41. The van der Waals surface area contributed by atoms with Crippen molar-refractivity contribution in [2.24, 2.45) is 23.1 Å². The van der Waals surface area contributed by atoms with Crippen molar-refractivity contribution >= 4 is 50.6 Å². The zero-order valence-corrected chi connectivity index (χ0v) is 36.0. The number of amides is 5. The van der Waals surface area contributed by atoms with Crippen molar-refractivity contribution in [3.63, 3.8) is 0 Å². The number of unbranched alkanes of at least 4 members (excludes halogenated alkanes) is 1. The number of primary amides is 1. The Labute approximate surface area is 365 Å². The number of fused-ring (bicyclic) bond motifs is 1. The number of hydrogen-bond acceptors (Lipinski definition) is 10. The molecule has 2 heterocycles. The number of rotatable bonds is 24. The summed E-state index contributed by atoms with van der Waals surface area (Å²) in [7, 11) is -4.78. The minimum atomic E-state index is -4.78. The van der Waals surface area contributed by atoms with Crippen molar-refractivity contribution in [3.05, 3.63) is 90.1 Å². The van der Waals surface area contributed by atoms with Gasteiger partial charge in [0.1, 0.15) is 30.3 Å². The number of nitrogens with one attached hydrogen (secondary N) is 7. The number of imidazole rings is 1. The van der Waals surface area contributed by atoms with Gasteiger partial charge in [0.25, 0.3) is 16.1 Å². The summed E-state index contributed by atoms with van der Waals surface area (Å²) in [5, 5.41) is 8.69. The number of alkyl halides is 1. The van der Waals surface area contributed by atoms with Gasteiger partial charge in [-0.05, 0) is 87.9 Å². The van der Waals surface area contributed by atoms with Crippen LogP contribution in [-0.2, 0) is 53.4 Å². The fourth-order valence-corrected chi connectivity index (χ4v) is 8.70. The number of benzene rings is 2. The summed E-state index contributed by atoms with van der Waals surface area (Å²) in [5.41, 5.74) is 22.5. The topological polar surface area (TPSA) is 305 Å². The maximum Gasteiger partial charge on any atom is 0.297 e. The van der Waals surface area contributed by atoms with Gasteiger partial charge in [-0.25, -0.2) is 9.37 Å². The van der Waals surface area contributed by atoms with Gasteiger partial charge >= 0.3 is 0 Å². The Balaban J connectivity index is 1.35. The lowest BCUT2D eigenvalue weighted by atomic mass is 9.88. The summed E-state index contributed by atoms with van der Waals surface area (Å²) in [5.74, 6) is -4.36. The molecule has 4 aromatic rings. The second kappa shape index (κ2) is 23.1. The molecule has 21 heteroatoms. The monoisotopic (exact) mass is 894 g/mol. The van der Waals surface area contributed by atoms with E-state index in [1.54, 1.807) is 36.5 Å². The number of nitrogens with two attached hydrogens (primary N) is 3. The van der Waals surface area contributed by atoms with Crippen LogP contribution in [0.4, 0.5) is 4.39 Å². The average molecular weight is 895 g/mol. The molecular weight excluding hydrogens is 836 g/mol. The van der Waals surface area contributed by atoms with Crippen molar-refractivity contribution in [2.75, 3.05) is 13.1 Å². The molecule has 0 spiro atoms. The molecule has 5 amide bonds. The second-order valence-corrected chi connectivity index (χ2v) is 17.6. The standard InChI is InChI=1S/C42H59FN12O7S/c1-26(50-41(59)36(20-29-22-48-34-12-6-5-11-32(29)34)52-40(58)33(45)21-31-23-47-25-49-31)39(57)53-55(24-28-14-16-30(43)17-15-28)63(61,62)54-37(19-27-9-3-2-4-10-27)42(60)51-35(38(46)56)13-7-8-18-44/h2-6,9-12,22-23,25-26,28,30,33,35-37,48,54H,7-8,13-21,24,44-45H2,1H3,(H2,46,56)(H,47,49)(H,50,59)(H,51,60)(H,52,58)(H,53,57). The lowest BCUT2D eigenvalue weighted by molar-refractivity contribution is -0.133. The number of halogens is 1. The van der Waals surface area contributed by atoms with E-state index in [1.807, 2.05) is 24.3 Å². The van der Waals surface area contributed by atoms with Crippen LogP contribution in [0.1, 0.15) is 68.7 Å². The summed E-state index contributed by atoms with van der Waals surface area (Å²) >= 11 is 0. The third-order valence-electron chi connectivity index (χ3n) is 11.0. The van der Waals surface area contributed by atoms with E-state index in [0.29, 0.717) is 53.5 Å². The largest absolute Gasteiger partial charge is 0.368 e. The molecule has 0 bridgehead atoms. The molecule has 19 nitrogen and oxygen atoms in total. The van der Waals surface area contributed by atoms with E-state index in [9.17, 15) is 36.8 Å². The van der Waals surface area contributed by atoms with Gasteiger partial charge in [0.2, 0.25) is 23.6 Å². The van der Waals surface area contributed by atoms with Crippen molar-refractivity contribution in [1.29, 1.82) is 0 Å². The zero-order valence-electron chi connectivity index (χ0n) is 35.2. The molecule has 1 saturated carbocycles. The predicted molar refractivity (Wildman–Crippen MR) is 234 cm³/mol. The van der Waals surface area contributed by atoms with Crippen LogP contribution in [0, 0.1) is 5.92 Å². The fraction of sp³-hybridized carbons (Fsp3) is 0.476. The van der Waals surface area contributed by atoms with Gasteiger partial charge < -0.3 is 43.1 Å². The Hall–Kier alpha value is -5.74. The molecular formula is C42H59FN12O7S. The lowest BCUT2D eigenvalue weighted by Crippen LogP contribution is -2.61. The lowest BCUT2D eigenvalue weighted by Gasteiger charge is -2.32. The van der Waals surface area contributed by atoms with Crippen molar-refractivity contribution in [3.8, 4) is 0 Å². The molecule has 0 aliphatic heterocycles. The van der Waals surface area contributed by atoms with Crippen LogP contribution in [0.25, 0.3) is 10.9 Å². The Morgan fingerprint density at radius 3 is 2.21 bits per heavy atom.